The third kappa shape index (κ3) is 3.07. The molecular formula is C17H21N3O4. The molecule has 2 aliphatic rings. The van der Waals surface area contributed by atoms with E-state index >= 15 is 0 Å². The van der Waals surface area contributed by atoms with Crippen molar-refractivity contribution in [3.8, 4) is 5.75 Å². The van der Waals surface area contributed by atoms with Gasteiger partial charge in [-0.25, -0.2) is 4.79 Å². The summed E-state index contributed by atoms with van der Waals surface area (Å²) in [5.41, 5.74) is 2.11. The summed E-state index contributed by atoms with van der Waals surface area (Å²) >= 11 is 0. The third-order valence-electron chi connectivity index (χ3n) is 4.11. The van der Waals surface area contributed by atoms with Crippen LogP contribution in [0.1, 0.15) is 18.5 Å². The highest BCUT2D eigenvalue weighted by atomic mass is 16.5. The molecule has 0 aliphatic carbocycles. The fourth-order valence-corrected chi connectivity index (χ4v) is 2.98. The van der Waals surface area contributed by atoms with Gasteiger partial charge in [0.25, 0.3) is 5.91 Å². The van der Waals surface area contributed by atoms with Gasteiger partial charge in [-0.2, -0.15) is 0 Å². The number of urea groups is 1. The van der Waals surface area contributed by atoms with E-state index in [0.29, 0.717) is 37.6 Å². The molecule has 1 atom stereocenters. The number of rotatable bonds is 6. The zero-order valence-electron chi connectivity index (χ0n) is 13.8. The second kappa shape index (κ2) is 6.92. The molecule has 128 valence electrons. The Morgan fingerprint density at radius 3 is 2.67 bits per heavy atom. The molecular weight excluding hydrogens is 310 g/mol. The molecule has 0 bridgehead atoms. The van der Waals surface area contributed by atoms with Gasteiger partial charge in [0.2, 0.25) is 0 Å². The summed E-state index contributed by atoms with van der Waals surface area (Å²) in [6, 6.07) is 6.68. The van der Waals surface area contributed by atoms with E-state index in [2.05, 4.69) is 10.6 Å². The number of amides is 3. The van der Waals surface area contributed by atoms with Gasteiger partial charge in [0.15, 0.2) is 0 Å². The van der Waals surface area contributed by atoms with Crippen molar-refractivity contribution < 1.29 is 19.1 Å². The Balaban J connectivity index is 1.85. The van der Waals surface area contributed by atoms with Gasteiger partial charge < -0.3 is 25.0 Å². The molecule has 0 aromatic heterocycles. The van der Waals surface area contributed by atoms with E-state index in [0.717, 1.165) is 11.3 Å². The molecule has 0 spiro atoms. The van der Waals surface area contributed by atoms with Crippen molar-refractivity contribution in [3.63, 3.8) is 0 Å². The van der Waals surface area contributed by atoms with Crippen LogP contribution in [0.5, 0.6) is 5.75 Å². The SMILES string of the molecule is CCOc1ccc([C@@H]2NC(=O)NC3=C2C(=O)N(CCOC)C3)cc1. The lowest BCUT2D eigenvalue weighted by atomic mass is 9.96. The summed E-state index contributed by atoms with van der Waals surface area (Å²) < 4.78 is 10.5. The topological polar surface area (TPSA) is 79.9 Å². The molecule has 7 nitrogen and oxygen atoms in total. The zero-order chi connectivity index (χ0) is 17.1. The Morgan fingerprint density at radius 2 is 2.00 bits per heavy atom. The molecule has 0 saturated carbocycles. The Hall–Kier alpha value is -2.54. The minimum Gasteiger partial charge on any atom is -0.494 e. The molecule has 7 heteroatoms. The van der Waals surface area contributed by atoms with E-state index in [1.807, 2.05) is 31.2 Å². The van der Waals surface area contributed by atoms with Crippen LogP contribution in [0, 0.1) is 0 Å². The maximum Gasteiger partial charge on any atom is 0.319 e. The maximum absolute atomic E-state index is 12.7. The van der Waals surface area contributed by atoms with Gasteiger partial charge in [0, 0.05) is 13.7 Å². The van der Waals surface area contributed by atoms with Gasteiger partial charge in [-0.1, -0.05) is 12.1 Å². The average Bonchev–Trinajstić information content (AvgIpc) is 2.89. The fourth-order valence-electron chi connectivity index (χ4n) is 2.98. The van der Waals surface area contributed by atoms with Crippen molar-refractivity contribution in [2.75, 3.05) is 33.4 Å². The summed E-state index contributed by atoms with van der Waals surface area (Å²) in [6.07, 6.45) is 0. The second-order valence-corrected chi connectivity index (χ2v) is 5.65. The molecule has 24 heavy (non-hydrogen) atoms. The lowest BCUT2D eigenvalue weighted by Gasteiger charge is -2.25. The monoisotopic (exact) mass is 331 g/mol. The van der Waals surface area contributed by atoms with Crippen molar-refractivity contribution >= 4 is 11.9 Å². The molecule has 0 saturated heterocycles. The van der Waals surface area contributed by atoms with E-state index < -0.39 is 6.04 Å². The van der Waals surface area contributed by atoms with E-state index in [-0.39, 0.29) is 11.9 Å². The molecule has 2 N–H and O–H groups in total. The highest BCUT2D eigenvalue weighted by Gasteiger charge is 2.40. The number of nitrogens with zero attached hydrogens (tertiary/aromatic N) is 1. The van der Waals surface area contributed by atoms with Crippen molar-refractivity contribution in [1.82, 2.24) is 15.5 Å². The first kappa shape index (κ1) is 16.3. The number of benzene rings is 1. The largest absolute Gasteiger partial charge is 0.494 e. The number of hydrogen-bond donors (Lipinski definition) is 2. The van der Waals surface area contributed by atoms with Crippen LogP contribution in [0.4, 0.5) is 4.79 Å². The highest BCUT2D eigenvalue weighted by molar-refractivity contribution is 6.01. The van der Waals surface area contributed by atoms with E-state index in [1.54, 1.807) is 12.0 Å². The molecule has 0 fully saturated rings. The van der Waals surface area contributed by atoms with Gasteiger partial charge in [0.05, 0.1) is 37.1 Å². The van der Waals surface area contributed by atoms with Crippen LogP contribution in [0.2, 0.25) is 0 Å². The molecule has 2 aliphatic heterocycles. The summed E-state index contributed by atoms with van der Waals surface area (Å²) in [6.45, 7) is 3.86. The first-order valence-corrected chi connectivity index (χ1v) is 7.95. The zero-order valence-corrected chi connectivity index (χ0v) is 13.8. The van der Waals surface area contributed by atoms with E-state index in [4.69, 9.17) is 9.47 Å². The lowest BCUT2D eigenvalue weighted by Crippen LogP contribution is -2.44. The van der Waals surface area contributed by atoms with Gasteiger partial charge in [-0.15, -0.1) is 0 Å². The minimum absolute atomic E-state index is 0.0755. The quantitative estimate of drug-likeness (QED) is 0.820. The number of carbonyl (C=O) groups is 2. The van der Waals surface area contributed by atoms with Crippen molar-refractivity contribution in [1.29, 1.82) is 0 Å². The number of nitrogens with one attached hydrogen (secondary N) is 2. The molecule has 1 aromatic rings. The van der Waals surface area contributed by atoms with Crippen molar-refractivity contribution in [2.45, 2.75) is 13.0 Å². The average molecular weight is 331 g/mol. The van der Waals surface area contributed by atoms with Crippen LogP contribution in [-0.4, -0.2) is 50.3 Å². The molecule has 3 amide bonds. The highest BCUT2D eigenvalue weighted by Crippen LogP contribution is 2.33. The van der Waals surface area contributed by atoms with E-state index in [9.17, 15) is 9.59 Å². The Bertz CT molecular complexity index is 669. The minimum atomic E-state index is -0.454. The van der Waals surface area contributed by atoms with Gasteiger partial charge in [-0.05, 0) is 24.6 Å². The summed E-state index contributed by atoms with van der Waals surface area (Å²) in [5.74, 6) is 0.684. The van der Waals surface area contributed by atoms with Crippen LogP contribution in [-0.2, 0) is 9.53 Å². The van der Waals surface area contributed by atoms with Crippen LogP contribution < -0.4 is 15.4 Å². The Labute approximate surface area is 140 Å². The standard InChI is InChI=1S/C17H21N3O4/c1-3-24-12-6-4-11(5-7-12)15-14-13(18-17(22)19-15)10-20(16(14)21)8-9-23-2/h4-7,15H,3,8-10H2,1-2H3,(H2,18,19,22)/t15-/m0/s1. The smallest absolute Gasteiger partial charge is 0.319 e. The van der Waals surface area contributed by atoms with E-state index in [1.165, 1.54) is 0 Å². The van der Waals surface area contributed by atoms with Crippen molar-refractivity contribution in [3.05, 3.63) is 41.1 Å². The Morgan fingerprint density at radius 1 is 1.25 bits per heavy atom. The van der Waals surface area contributed by atoms with Gasteiger partial charge in [0.1, 0.15) is 5.75 Å². The summed E-state index contributed by atoms with van der Waals surface area (Å²) in [7, 11) is 1.60. The molecule has 3 rings (SSSR count). The second-order valence-electron chi connectivity index (χ2n) is 5.65. The number of hydrogen-bond acceptors (Lipinski definition) is 4. The van der Waals surface area contributed by atoms with Gasteiger partial charge in [-0.3, -0.25) is 4.79 Å². The predicted octanol–water partition coefficient (Wildman–Crippen LogP) is 1.18. The van der Waals surface area contributed by atoms with Crippen LogP contribution in [0.25, 0.3) is 0 Å². The molecule has 0 unspecified atom stereocenters. The third-order valence-corrected chi connectivity index (χ3v) is 4.11. The normalized spacial score (nSPS) is 19.9. The van der Waals surface area contributed by atoms with Gasteiger partial charge >= 0.3 is 6.03 Å². The summed E-state index contributed by atoms with van der Waals surface area (Å²) in [5, 5.41) is 5.58. The number of methoxy groups -OCH3 is 1. The predicted molar refractivity (Wildman–Crippen MR) is 87.5 cm³/mol. The Kier molecular flexibility index (Phi) is 4.71. The first-order valence-electron chi connectivity index (χ1n) is 7.95. The van der Waals surface area contributed by atoms with Crippen LogP contribution in [0.15, 0.2) is 35.5 Å². The maximum atomic E-state index is 12.7. The number of carbonyl (C=O) groups excluding carboxylic acids is 2. The molecule has 1 aromatic carbocycles. The lowest BCUT2D eigenvalue weighted by molar-refractivity contribution is -0.126. The summed E-state index contributed by atoms with van der Waals surface area (Å²) in [4.78, 5) is 26.3. The number of ether oxygens (including phenoxy) is 2. The first-order chi connectivity index (χ1) is 11.6. The molecule has 2 heterocycles. The molecule has 0 radical (unpaired) electrons. The van der Waals surface area contributed by atoms with Crippen molar-refractivity contribution in [2.24, 2.45) is 0 Å². The van der Waals surface area contributed by atoms with Crippen LogP contribution in [0.3, 0.4) is 0 Å². The van der Waals surface area contributed by atoms with Crippen LogP contribution >= 0.6 is 0 Å². The fraction of sp³-hybridized carbons (Fsp3) is 0.412.